The number of nitro benzene ring substituents is 1. The van der Waals surface area contributed by atoms with Gasteiger partial charge in [-0.2, -0.15) is 0 Å². The number of piperazine rings is 1. The Morgan fingerprint density at radius 2 is 1.81 bits per heavy atom. The average Bonchev–Trinajstić information content (AvgIpc) is 2.70. The van der Waals surface area contributed by atoms with Crippen LogP contribution in [0.2, 0.25) is 0 Å². The lowest BCUT2D eigenvalue weighted by molar-refractivity contribution is -0.384. The van der Waals surface area contributed by atoms with Gasteiger partial charge in [0.1, 0.15) is 0 Å². The van der Waals surface area contributed by atoms with Crippen molar-refractivity contribution in [2.24, 2.45) is 0 Å². The number of rotatable bonds is 6. The van der Waals surface area contributed by atoms with Crippen LogP contribution in [-0.2, 0) is 16.1 Å². The molecule has 0 aromatic heterocycles. The maximum absolute atomic E-state index is 12.8. The van der Waals surface area contributed by atoms with Gasteiger partial charge in [-0.15, -0.1) is 0 Å². The van der Waals surface area contributed by atoms with E-state index in [0.29, 0.717) is 19.6 Å². The summed E-state index contributed by atoms with van der Waals surface area (Å²) in [4.78, 5) is 27.4. The van der Waals surface area contributed by atoms with E-state index in [1.165, 1.54) is 6.07 Å². The molecule has 0 aliphatic carbocycles. The van der Waals surface area contributed by atoms with Crippen molar-refractivity contribution in [2.75, 3.05) is 33.3 Å². The molecule has 0 bridgehead atoms. The van der Waals surface area contributed by atoms with E-state index < -0.39 is 6.10 Å². The van der Waals surface area contributed by atoms with Crippen LogP contribution in [0.1, 0.15) is 17.2 Å². The Balaban J connectivity index is 1.57. The number of ether oxygens (including phenoxy) is 1. The Morgan fingerprint density at radius 3 is 2.44 bits per heavy atom. The molecule has 1 saturated heterocycles. The molecule has 7 heteroatoms. The van der Waals surface area contributed by atoms with Gasteiger partial charge in [-0.1, -0.05) is 42.5 Å². The molecule has 1 aliphatic heterocycles. The molecule has 1 aliphatic rings. The highest BCUT2D eigenvalue weighted by atomic mass is 16.6. The fourth-order valence-electron chi connectivity index (χ4n) is 3.33. The molecule has 2 aromatic carbocycles. The van der Waals surface area contributed by atoms with Gasteiger partial charge in [0.2, 0.25) is 0 Å². The molecular weight excluding hydrogens is 346 g/mol. The van der Waals surface area contributed by atoms with Crippen molar-refractivity contribution < 1.29 is 14.5 Å². The molecule has 1 atom stereocenters. The lowest BCUT2D eigenvalue weighted by atomic mass is 10.1. The van der Waals surface area contributed by atoms with E-state index in [4.69, 9.17) is 4.74 Å². The number of hydrogen-bond donors (Lipinski definition) is 0. The van der Waals surface area contributed by atoms with Gasteiger partial charge in [-0.05, 0) is 11.1 Å². The quantitative estimate of drug-likeness (QED) is 0.578. The second-order valence-corrected chi connectivity index (χ2v) is 6.55. The average molecular weight is 369 g/mol. The number of nitro groups is 1. The molecule has 1 amide bonds. The maximum Gasteiger partial charge on any atom is 0.269 e. The van der Waals surface area contributed by atoms with Gasteiger partial charge in [-0.3, -0.25) is 19.8 Å². The van der Waals surface area contributed by atoms with Crippen molar-refractivity contribution in [1.82, 2.24) is 9.80 Å². The molecule has 0 saturated carbocycles. The topological polar surface area (TPSA) is 75.9 Å². The lowest BCUT2D eigenvalue weighted by Gasteiger charge is -2.36. The van der Waals surface area contributed by atoms with Crippen LogP contribution in [0.3, 0.4) is 0 Å². The normalized spacial score (nSPS) is 16.1. The van der Waals surface area contributed by atoms with Crippen LogP contribution in [-0.4, -0.2) is 53.9 Å². The first kappa shape index (κ1) is 19.0. The van der Waals surface area contributed by atoms with Crippen molar-refractivity contribution in [3.05, 3.63) is 75.8 Å². The highest BCUT2D eigenvalue weighted by Gasteiger charge is 2.28. The third-order valence-electron chi connectivity index (χ3n) is 4.77. The molecule has 1 heterocycles. The van der Waals surface area contributed by atoms with Gasteiger partial charge in [0, 0.05) is 52.0 Å². The minimum absolute atomic E-state index is 0.0290. The lowest BCUT2D eigenvalue weighted by Crippen LogP contribution is -2.49. The third-order valence-corrected chi connectivity index (χ3v) is 4.77. The fraction of sp³-hybridized carbons (Fsp3) is 0.350. The summed E-state index contributed by atoms with van der Waals surface area (Å²) in [7, 11) is 1.55. The van der Waals surface area contributed by atoms with E-state index in [0.717, 1.165) is 24.2 Å². The van der Waals surface area contributed by atoms with Crippen molar-refractivity contribution in [1.29, 1.82) is 0 Å². The first-order valence-corrected chi connectivity index (χ1v) is 8.90. The number of benzene rings is 2. The van der Waals surface area contributed by atoms with E-state index in [2.05, 4.69) is 4.90 Å². The highest BCUT2D eigenvalue weighted by Crippen LogP contribution is 2.21. The Kier molecular flexibility index (Phi) is 6.16. The Labute approximate surface area is 158 Å². The van der Waals surface area contributed by atoms with E-state index in [9.17, 15) is 14.9 Å². The molecular formula is C20H23N3O4. The van der Waals surface area contributed by atoms with E-state index in [1.807, 2.05) is 41.3 Å². The molecule has 3 rings (SSSR count). The highest BCUT2D eigenvalue weighted by molar-refractivity contribution is 5.82. The summed E-state index contributed by atoms with van der Waals surface area (Å²) in [6, 6.07) is 16.2. The second kappa shape index (κ2) is 8.75. The number of non-ortho nitro benzene ring substituents is 1. The van der Waals surface area contributed by atoms with Crippen LogP contribution in [0.4, 0.5) is 5.69 Å². The van der Waals surface area contributed by atoms with Gasteiger partial charge in [0.05, 0.1) is 4.92 Å². The first-order valence-electron chi connectivity index (χ1n) is 8.90. The number of methoxy groups -OCH3 is 1. The second-order valence-electron chi connectivity index (χ2n) is 6.55. The molecule has 1 fully saturated rings. The molecule has 1 unspecified atom stereocenters. The third kappa shape index (κ3) is 4.69. The minimum atomic E-state index is -0.588. The number of nitrogens with zero attached hydrogens (tertiary/aromatic N) is 3. The van der Waals surface area contributed by atoms with Crippen LogP contribution in [0.5, 0.6) is 0 Å². The summed E-state index contributed by atoms with van der Waals surface area (Å²) in [5, 5.41) is 10.9. The van der Waals surface area contributed by atoms with Crippen LogP contribution in [0, 0.1) is 10.1 Å². The van der Waals surface area contributed by atoms with E-state index in [1.54, 1.807) is 19.2 Å². The zero-order chi connectivity index (χ0) is 19.2. The largest absolute Gasteiger partial charge is 0.367 e. The summed E-state index contributed by atoms with van der Waals surface area (Å²) in [5.74, 6) is -0.0290. The Bertz CT molecular complexity index is 789. The number of carbonyl (C=O) groups is 1. The zero-order valence-electron chi connectivity index (χ0n) is 15.3. The Morgan fingerprint density at radius 1 is 1.11 bits per heavy atom. The summed E-state index contributed by atoms with van der Waals surface area (Å²) in [6.45, 7) is 3.30. The molecule has 7 nitrogen and oxygen atoms in total. The summed E-state index contributed by atoms with van der Waals surface area (Å²) in [5.41, 5.74) is 1.86. The number of carbonyl (C=O) groups excluding carboxylic acids is 1. The van der Waals surface area contributed by atoms with Crippen molar-refractivity contribution in [3.8, 4) is 0 Å². The molecule has 0 radical (unpaired) electrons. The van der Waals surface area contributed by atoms with Crippen molar-refractivity contribution >= 4 is 11.6 Å². The van der Waals surface area contributed by atoms with Crippen LogP contribution < -0.4 is 0 Å². The predicted molar refractivity (Wildman–Crippen MR) is 101 cm³/mol. The van der Waals surface area contributed by atoms with Gasteiger partial charge in [0.25, 0.3) is 11.6 Å². The van der Waals surface area contributed by atoms with Crippen LogP contribution >= 0.6 is 0 Å². The summed E-state index contributed by atoms with van der Waals surface area (Å²) in [6.07, 6.45) is -0.588. The molecule has 2 aromatic rings. The van der Waals surface area contributed by atoms with Gasteiger partial charge in [0.15, 0.2) is 6.10 Å². The molecule has 27 heavy (non-hydrogen) atoms. The standard InChI is InChI=1S/C20H23N3O4/c1-27-19(17-7-3-2-4-8-17)20(24)22-12-10-21(11-13-22)15-16-6-5-9-18(14-16)23(25)26/h2-9,14,19H,10-13,15H2,1H3. The number of hydrogen-bond acceptors (Lipinski definition) is 5. The summed E-state index contributed by atoms with van der Waals surface area (Å²) < 4.78 is 5.44. The van der Waals surface area contributed by atoms with Gasteiger partial charge < -0.3 is 9.64 Å². The molecule has 0 N–H and O–H groups in total. The van der Waals surface area contributed by atoms with Gasteiger partial charge in [-0.25, -0.2) is 0 Å². The Hall–Kier alpha value is -2.77. The fourth-order valence-corrected chi connectivity index (χ4v) is 3.33. The molecule has 0 spiro atoms. The van der Waals surface area contributed by atoms with E-state index in [-0.39, 0.29) is 16.5 Å². The van der Waals surface area contributed by atoms with E-state index >= 15 is 0 Å². The predicted octanol–water partition coefficient (Wildman–Crippen LogP) is 2.63. The zero-order valence-corrected chi connectivity index (χ0v) is 15.3. The maximum atomic E-state index is 12.8. The van der Waals surface area contributed by atoms with Crippen molar-refractivity contribution in [2.45, 2.75) is 12.6 Å². The number of amides is 1. The smallest absolute Gasteiger partial charge is 0.269 e. The van der Waals surface area contributed by atoms with Crippen LogP contribution in [0.15, 0.2) is 54.6 Å². The summed E-state index contributed by atoms with van der Waals surface area (Å²) >= 11 is 0. The van der Waals surface area contributed by atoms with Crippen LogP contribution in [0.25, 0.3) is 0 Å². The SMILES string of the molecule is COC(C(=O)N1CCN(Cc2cccc([N+](=O)[O-])c2)CC1)c1ccccc1. The minimum Gasteiger partial charge on any atom is -0.367 e. The monoisotopic (exact) mass is 369 g/mol. The van der Waals surface area contributed by atoms with Gasteiger partial charge >= 0.3 is 0 Å². The first-order chi connectivity index (χ1) is 13.1. The molecule has 142 valence electrons. The van der Waals surface area contributed by atoms with Crippen molar-refractivity contribution in [3.63, 3.8) is 0 Å².